The van der Waals surface area contributed by atoms with Gasteiger partial charge in [-0.05, 0) is 31.5 Å². The smallest absolute Gasteiger partial charge is 0.246 e. The quantitative estimate of drug-likeness (QED) is 0.820. The number of ether oxygens (including phenoxy) is 1. The van der Waals surface area contributed by atoms with E-state index in [1.54, 1.807) is 20.1 Å². The van der Waals surface area contributed by atoms with Crippen molar-refractivity contribution in [1.82, 2.24) is 9.21 Å². The maximum absolute atomic E-state index is 13.9. The molecular weight excluding hydrogens is 307 g/mol. The molecule has 5 nitrogen and oxygen atoms in total. The van der Waals surface area contributed by atoms with Crippen LogP contribution in [0.1, 0.15) is 12.5 Å². The first kappa shape index (κ1) is 17.3. The van der Waals surface area contributed by atoms with Crippen molar-refractivity contribution in [3.05, 3.63) is 29.6 Å². The molecule has 0 aliphatic carbocycles. The van der Waals surface area contributed by atoms with Gasteiger partial charge in [0.2, 0.25) is 10.0 Å². The molecule has 0 radical (unpaired) electrons. The highest BCUT2D eigenvalue weighted by molar-refractivity contribution is 7.89. The number of halogens is 1. The first-order valence-corrected chi connectivity index (χ1v) is 8.79. The average Bonchev–Trinajstić information content (AvgIpc) is 2.50. The highest BCUT2D eigenvalue weighted by atomic mass is 32.2. The van der Waals surface area contributed by atoms with Crippen molar-refractivity contribution in [3.63, 3.8) is 0 Å². The number of sulfonamides is 1. The lowest BCUT2D eigenvalue weighted by atomic mass is 10.2. The molecule has 0 spiro atoms. The van der Waals surface area contributed by atoms with E-state index in [9.17, 15) is 12.8 Å². The molecule has 0 N–H and O–H groups in total. The normalized spacial score (nSPS) is 19.3. The van der Waals surface area contributed by atoms with Crippen LogP contribution < -0.4 is 0 Å². The molecule has 0 unspecified atom stereocenters. The van der Waals surface area contributed by atoms with Crippen LogP contribution in [0, 0.1) is 12.7 Å². The van der Waals surface area contributed by atoms with Crippen LogP contribution >= 0.6 is 0 Å². The Bertz CT molecular complexity index is 613. The monoisotopic (exact) mass is 330 g/mol. The van der Waals surface area contributed by atoms with Crippen LogP contribution in [-0.2, 0) is 14.8 Å². The molecule has 1 fully saturated rings. The number of aryl methyl sites for hydroxylation is 1. The molecule has 1 aliphatic rings. The van der Waals surface area contributed by atoms with E-state index in [4.69, 9.17) is 4.74 Å². The van der Waals surface area contributed by atoms with E-state index in [0.29, 0.717) is 32.8 Å². The number of hydrogen-bond donors (Lipinski definition) is 0. The van der Waals surface area contributed by atoms with Crippen molar-refractivity contribution < 1.29 is 17.5 Å². The van der Waals surface area contributed by atoms with Gasteiger partial charge < -0.3 is 4.74 Å². The summed E-state index contributed by atoms with van der Waals surface area (Å²) >= 11 is 0. The minimum Gasteiger partial charge on any atom is -0.383 e. The SMILES string of the molecule is COC[C@@H](C)N1CCN(S(=O)(=O)c2cc(C)ccc2F)CC1. The molecule has 7 heteroatoms. The number of rotatable bonds is 5. The van der Waals surface area contributed by atoms with Gasteiger partial charge in [-0.15, -0.1) is 0 Å². The number of methoxy groups -OCH3 is 1. The number of hydrogen-bond acceptors (Lipinski definition) is 4. The Morgan fingerprint density at radius 2 is 1.91 bits per heavy atom. The average molecular weight is 330 g/mol. The molecular formula is C15H23FN2O3S. The molecule has 0 bridgehead atoms. The Balaban J connectivity index is 2.11. The minimum absolute atomic E-state index is 0.231. The lowest BCUT2D eigenvalue weighted by Gasteiger charge is -2.37. The second-order valence-corrected chi connectivity index (χ2v) is 7.58. The Hall–Kier alpha value is -1.02. The van der Waals surface area contributed by atoms with Crippen molar-refractivity contribution in [2.24, 2.45) is 0 Å². The van der Waals surface area contributed by atoms with E-state index in [-0.39, 0.29) is 10.9 Å². The zero-order valence-corrected chi connectivity index (χ0v) is 14.1. The van der Waals surface area contributed by atoms with E-state index in [2.05, 4.69) is 4.90 Å². The van der Waals surface area contributed by atoms with Crippen LogP contribution in [0.2, 0.25) is 0 Å². The van der Waals surface area contributed by atoms with E-state index in [1.165, 1.54) is 16.4 Å². The second-order valence-electron chi connectivity index (χ2n) is 5.68. The lowest BCUT2D eigenvalue weighted by molar-refractivity contribution is 0.0766. The highest BCUT2D eigenvalue weighted by Gasteiger charge is 2.31. The predicted octanol–water partition coefficient (Wildman–Crippen LogP) is 1.48. The molecule has 1 saturated heterocycles. The molecule has 124 valence electrons. The first-order chi connectivity index (χ1) is 10.4. The van der Waals surface area contributed by atoms with Gasteiger partial charge in [0.15, 0.2) is 0 Å². The van der Waals surface area contributed by atoms with Gasteiger partial charge in [0.05, 0.1) is 6.61 Å². The molecule has 1 aromatic carbocycles. The molecule has 0 saturated carbocycles. The summed E-state index contributed by atoms with van der Waals surface area (Å²) in [6.07, 6.45) is 0. The Morgan fingerprint density at radius 3 is 2.50 bits per heavy atom. The third-order valence-corrected chi connectivity index (χ3v) is 5.92. The zero-order chi connectivity index (χ0) is 16.3. The Labute approximate surface area is 131 Å². The van der Waals surface area contributed by atoms with Crippen molar-refractivity contribution in [3.8, 4) is 0 Å². The third kappa shape index (κ3) is 3.65. The summed E-state index contributed by atoms with van der Waals surface area (Å²) in [5.41, 5.74) is 0.729. The number of benzene rings is 1. The Kier molecular flexibility index (Phi) is 5.55. The van der Waals surface area contributed by atoms with Gasteiger partial charge in [-0.1, -0.05) is 6.07 Å². The summed E-state index contributed by atoms with van der Waals surface area (Å²) in [6.45, 7) is 6.39. The molecule has 1 heterocycles. The van der Waals surface area contributed by atoms with Crippen LogP contribution in [0.25, 0.3) is 0 Å². The van der Waals surface area contributed by atoms with Gasteiger partial charge in [0, 0.05) is 39.3 Å². The van der Waals surface area contributed by atoms with Crippen LogP contribution in [-0.4, -0.2) is 63.6 Å². The van der Waals surface area contributed by atoms with Gasteiger partial charge in [-0.25, -0.2) is 12.8 Å². The standard InChI is InChI=1S/C15H23FN2O3S/c1-12-4-5-14(16)15(10-12)22(19,20)18-8-6-17(7-9-18)13(2)11-21-3/h4-5,10,13H,6-9,11H2,1-3H3/t13-/m1/s1. The summed E-state index contributed by atoms with van der Waals surface area (Å²) in [6, 6.07) is 4.41. The molecule has 1 aliphatic heterocycles. The topological polar surface area (TPSA) is 49.9 Å². The van der Waals surface area contributed by atoms with E-state index in [1.807, 2.05) is 6.92 Å². The van der Waals surface area contributed by atoms with E-state index < -0.39 is 15.8 Å². The molecule has 2 rings (SSSR count). The summed E-state index contributed by atoms with van der Waals surface area (Å²) < 4.78 is 45.6. The fraction of sp³-hybridized carbons (Fsp3) is 0.600. The molecule has 0 amide bonds. The largest absolute Gasteiger partial charge is 0.383 e. The van der Waals surface area contributed by atoms with Gasteiger partial charge >= 0.3 is 0 Å². The molecule has 1 atom stereocenters. The van der Waals surface area contributed by atoms with E-state index in [0.717, 1.165) is 5.56 Å². The third-order valence-electron chi connectivity index (χ3n) is 4.01. The minimum atomic E-state index is -3.78. The summed E-state index contributed by atoms with van der Waals surface area (Å²) in [7, 11) is -2.13. The maximum Gasteiger partial charge on any atom is 0.246 e. The lowest BCUT2D eigenvalue weighted by Crippen LogP contribution is -2.52. The molecule has 1 aromatic rings. The van der Waals surface area contributed by atoms with Crippen LogP contribution in [0.5, 0.6) is 0 Å². The fourth-order valence-corrected chi connectivity index (χ4v) is 4.25. The van der Waals surface area contributed by atoms with Crippen molar-refractivity contribution in [2.45, 2.75) is 24.8 Å². The van der Waals surface area contributed by atoms with Crippen molar-refractivity contribution in [2.75, 3.05) is 39.9 Å². The van der Waals surface area contributed by atoms with Gasteiger partial charge in [0.1, 0.15) is 10.7 Å². The number of piperazine rings is 1. The summed E-state index contributed by atoms with van der Waals surface area (Å²) in [5.74, 6) is -0.694. The number of nitrogens with zero attached hydrogens (tertiary/aromatic N) is 2. The van der Waals surface area contributed by atoms with Crippen LogP contribution in [0.15, 0.2) is 23.1 Å². The van der Waals surface area contributed by atoms with Crippen molar-refractivity contribution >= 4 is 10.0 Å². The van der Waals surface area contributed by atoms with Crippen LogP contribution in [0.3, 0.4) is 0 Å². The first-order valence-electron chi connectivity index (χ1n) is 7.35. The van der Waals surface area contributed by atoms with Crippen LogP contribution in [0.4, 0.5) is 4.39 Å². The highest BCUT2D eigenvalue weighted by Crippen LogP contribution is 2.22. The summed E-state index contributed by atoms with van der Waals surface area (Å²) in [5, 5.41) is 0. The summed E-state index contributed by atoms with van der Waals surface area (Å²) in [4.78, 5) is 1.95. The van der Waals surface area contributed by atoms with E-state index >= 15 is 0 Å². The van der Waals surface area contributed by atoms with Gasteiger partial charge in [-0.2, -0.15) is 4.31 Å². The Morgan fingerprint density at radius 1 is 1.27 bits per heavy atom. The fourth-order valence-electron chi connectivity index (χ4n) is 2.68. The second kappa shape index (κ2) is 7.04. The zero-order valence-electron chi connectivity index (χ0n) is 13.3. The molecule has 0 aromatic heterocycles. The predicted molar refractivity (Wildman–Crippen MR) is 82.8 cm³/mol. The van der Waals surface area contributed by atoms with Gasteiger partial charge in [0.25, 0.3) is 0 Å². The molecule has 22 heavy (non-hydrogen) atoms. The maximum atomic E-state index is 13.9. The van der Waals surface area contributed by atoms with Gasteiger partial charge in [-0.3, -0.25) is 4.90 Å². The van der Waals surface area contributed by atoms with Crippen molar-refractivity contribution in [1.29, 1.82) is 0 Å².